The summed E-state index contributed by atoms with van der Waals surface area (Å²) in [4.78, 5) is 21.9. The summed E-state index contributed by atoms with van der Waals surface area (Å²) in [5, 5.41) is 13.4. The van der Waals surface area contributed by atoms with E-state index in [0.29, 0.717) is 37.4 Å². The first kappa shape index (κ1) is 27.9. The van der Waals surface area contributed by atoms with Gasteiger partial charge in [0.15, 0.2) is 0 Å². The Morgan fingerprint density at radius 2 is 1.76 bits per heavy atom. The standard InChI is InChI=1S/C31H34FN5O2S2/c1-34-41(39)18-16-37(17-19-41)24-12-8-21(9-13-24)28-27(35-30(40-28)22-6-10-23(32)11-7-22)25-4-2-3-5-26(25)29(38)36-31(20-33)14-15-31/h6-13,25-26H,2-5,14-19H2,1H3,(H,36,38)/t25-,26-/m1/s1. The maximum absolute atomic E-state index is 13.7. The Morgan fingerprint density at radius 1 is 1.10 bits per heavy atom. The van der Waals surface area contributed by atoms with Crippen LogP contribution in [0.3, 0.4) is 0 Å². The van der Waals surface area contributed by atoms with E-state index >= 15 is 0 Å². The number of benzene rings is 2. The smallest absolute Gasteiger partial charge is 0.225 e. The van der Waals surface area contributed by atoms with Gasteiger partial charge in [0.25, 0.3) is 0 Å². The lowest BCUT2D eigenvalue weighted by Crippen LogP contribution is -2.42. The van der Waals surface area contributed by atoms with Gasteiger partial charge in [-0.25, -0.2) is 17.9 Å². The molecule has 2 aliphatic carbocycles. The van der Waals surface area contributed by atoms with Crippen LogP contribution in [-0.4, -0.2) is 52.3 Å². The molecule has 3 aliphatic rings. The van der Waals surface area contributed by atoms with Gasteiger partial charge in [-0.3, -0.25) is 4.79 Å². The van der Waals surface area contributed by atoms with Gasteiger partial charge < -0.3 is 10.2 Å². The molecule has 0 bridgehead atoms. The molecule has 7 nitrogen and oxygen atoms in total. The lowest BCUT2D eigenvalue weighted by molar-refractivity contribution is -0.127. The van der Waals surface area contributed by atoms with Gasteiger partial charge in [0.05, 0.1) is 16.6 Å². The van der Waals surface area contributed by atoms with Crippen molar-refractivity contribution in [1.82, 2.24) is 10.3 Å². The van der Waals surface area contributed by atoms with E-state index in [1.54, 1.807) is 30.5 Å². The number of anilines is 1. The summed E-state index contributed by atoms with van der Waals surface area (Å²) in [5.74, 6) is 0.492. The Labute approximate surface area is 245 Å². The number of thiazole rings is 1. The molecule has 3 aromatic rings. The summed E-state index contributed by atoms with van der Waals surface area (Å²) in [6.45, 7) is 1.41. The molecule has 0 spiro atoms. The number of carbonyl (C=O) groups excluding carboxylic acids is 1. The van der Waals surface area contributed by atoms with E-state index in [4.69, 9.17) is 4.98 Å². The second kappa shape index (κ2) is 11.2. The number of nitrogens with zero attached hydrogens (tertiary/aromatic N) is 4. The summed E-state index contributed by atoms with van der Waals surface area (Å²) in [6, 6.07) is 17.1. The van der Waals surface area contributed by atoms with Crippen LogP contribution in [0.5, 0.6) is 0 Å². The second-order valence-corrected chi connectivity index (χ2v) is 15.0. The monoisotopic (exact) mass is 591 g/mol. The van der Waals surface area contributed by atoms with Crippen molar-refractivity contribution in [2.75, 3.05) is 36.5 Å². The number of rotatable bonds is 6. The van der Waals surface area contributed by atoms with Gasteiger partial charge in [-0.2, -0.15) is 5.26 Å². The molecule has 1 amide bonds. The number of halogens is 1. The van der Waals surface area contributed by atoms with Crippen LogP contribution in [-0.2, 0) is 14.5 Å². The SMILES string of the molecule is CN=S1(=O)CCN(c2ccc(-c3sc(-c4ccc(F)cc4)nc3[C@@H]3CCCC[C@H]3C(=O)NC3(C#N)CC3)cc2)CC1. The van der Waals surface area contributed by atoms with E-state index in [0.717, 1.165) is 58.1 Å². The van der Waals surface area contributed by atoms with Crippen LogP contribution in [0.4, 0.5) is 10.1 Å². The third-order valence-corrected chi connectivity index (χ3v) is 12.2. The van der Waals surface area contributed by atoms with Gasteiger partial charge in [0.2, 0.25) is 5.91 Å². The first-order chi connectivity index (χ1) is 19.8. The fourth-order valence-corrected chi connectivity index (χ4v) is 8.71. The van der Waals surface area contributed by atoms with Crippen molar-refractivity contribution < 1.29 is 13.4 Å². The van der Waals surface area contributed by atoms with Crippen molar-refractivity contribution in [2.45, 2.75) is 50.0 Å². The number of carbonyl (C=O) groups is 1. The molecule has 1 aliphatic heterocycles. The maximum Gasteiger partial charge on any atom is 0.225 e. The van der Waals surface area contributed by atoms with Crippen LogP contribution in [0.15, 0.2) is 52.9 Å². The third-order valence-electron chi connectivity index (χ3n) is 8.71. The average Bonchev–Trinajstić information content (AvgIpc) is 3.64. The molecule has 1 aromatic heterocycles. The first-order valence-corrected chi connectivity index (χ1v) is 16.9. The zero-order chi connectivity index (χ0) is 28.6. The number of aromatic nitrogens is 1. The van der Waals surface area contributed by atoms with Crippen LogP contribution in [0.2, 0.25) is 0 Å². The van der Waals surface area contributed by atoms with Crippen molar-refractivity contribution in [3.05, 3.63) is 60.0 Å². The van der Waals surface area contributed by atoms with Gasteiger partial charge in [-0.15, -0.1) is 11.3 Å². The zero-order valence-corrected chi connectivity index (χ0v) is 24.8. The van der Waals surface area contributed by atoms with Crippen LogP contribution in [0.25, 0.3) is 21.0 Å². The number of amides is 1. The fraction of sp³-hybridized carbons (Fsp3) is 0.452. The van der Waals surface area contributed by atoms with Gasteiger partial charge >= 0.3 is 0 Å². The molecule has 3 fully saturated rings. The quantitative estimate of drug-likeness (QED) is 0.380. The lowest BCUT2D eigenvalue weighted by Gasteiger charge is -2.31. The summed E-state index contributed by atoms with van der Waals surface area (Å²) >= 11 is 1.57. The van der Waals surface area contributed by atoms with Crippen LogP contribution >= 0.6 is 11.3 Å². The topological polar surface area (TPSA) is 98.4 Å². The van der Waals surface area contributed by atoms with Crippen LogP contribution in [0.1, 0.15) is 50.1 Å². The molecular weight excluding hydrogens is 558 g/mol. The molecule has 0 radical (unpaired) electrons. The molecule has 0 unspecified atom stereocenters. The molecule has 2 heterocycles. The van der Waals surface area contributed by atoms with E-state index in [-0.39, 0.29) is 23.6 Å². The number of nitriles is 1. The molecular formula is C31H34FN5O2S2. The van der Waals surface area contributed by atoms with Gasteiger partial charge in [0, 0.05) is 64.5 Å². The average molecular weight is 592 g/mol. The Bertz CT molecular complexity index is 1580. The normalized spacial score (nSPS) is 22.9. The number of hydrogen-bond donors (Lipinski definition) is 1. The minimum atomic E-state index is -2.08. The summed E-state index contributed by atoms with van der Waals surface area (Å²) in [5.41, 5.74) is 3.16. The number of hydrogen-bond acceptors (Lipinski definition) is 7. The summed E-state index contributed by atoms with van der Waals surface area (Å²) in [7, 11) is -0.437. The third kappa shape index (κ3) is 5.75. The Balaban J connectivity index is 1.33. The van der Waals surface area contributed by atoms with Crippen LogP contribution in [0, 0.1) is 23.1 Å². The first-order valence-electron chi connectivity index (χ1n) is 14.3. The van der Waals surface area contributed by atoms with Crippen molar-refractivity contribution in [2.24, 2.45) is 10.3 Å². The van der Waals surface area contributed by atoms with E-state index in [1.165, 1.54) is 12.1 Å². The van der Waals surface area contributed by atoms with E-state index in [1.807, 2.05) is 0 Å². The van der Waals surface area contributed by atoms with Gasteiger partial charge in [-0.05, 0) is 67.6 Å². The van der Waals surface area contributed by atoms with Crippen LogP contribution < -0.4 is 10.2 Å². The maximum atomic E-state index is 13.7. The molecule has 2 saturated carbocycles. The molecule has 6 rings (SSSR count). The van der Waals surface area contributed by atoms with Crippen molar-refractivity contribution in [3.8, 4) is 27.1 Å². The Hall–Kier alpha value is -3.29. The van der Waals surface area contributed by atoms with E-state index in [9.17, 15) is 18.7 Å². The molecule has 2 aromatic carbocycles. The highest BCUT2D eigenvalue weighted by molar-refractivity contribution is 7.93. The van der Waals surface area contributed by atoms with E-state index < -0.39 is 15.3 Å². The Morgan fingerprint density at radius 3 is 2.39 bits per heavy atom. The van der Waals surface area contributed by atoms with Gasteiger partial charge in [-0.1, -0.05) is 25.0 Å². The zero-order valence-electron chi connectivity index (χ0n) is 23.1. The number of nitrogens with one attached hydrogen (secondary N) is 1. The molecule has 1 saturated heterocycles. The van der Waals surface area contributed by atoms with Crippen molar-refractivity contribution >= 4 is 32.7 Å². The molecule has 10 heteroatoms. The lowest BCUT2D eigenvalue weighted by atomic mass is 9.76. The predicted octanol–water partition coefficient (Wildman–Crippen LogP) is 5.98. The minimum Gasteiger partial charge on any atom is -0.370 e. The molecule has 1 N–H and O–H groups in total. The molecule has 2 atom stereocenters. The largest absolute Gasteiger partial charge is 0.370 e. The predicted molar refractivity (Wildman–Crippen MR) is 162 cm³/mol. The summed E-state index contributed by atoms with van der Waals surface area (Å²) in [6.07, 6.45) is 5.02. The highest BCUT2D eigenvalue weighted by Gasteiger charge is 2.47. The van der Waals surface area contributed by atoms with Gasteiger partial charge in [0.1, 0.15) is 16.4 Å². The Kier molecular flexibility index (Phi) is 7.60. The fourth-order valence-electron chi connectivity index (χ4n) is 5.98. The molecule has 214 valence electrons. The van der Waals surface area contributed by atoms with Crippen molar-refractivity contribution in [3.63, 3.8) is 0 Å². The van der Waals surface area contributed by atoms with E-state index in [2.05, 4.69) is 44.9 Å². The summed E-state index contributed by atoms with van der Waals surface area (Å²) < 4.78 is 30.4. The highest BCUT2D eigenvalue weighted by atomic mass is 32.2. The minimum absolute atomic E-state index is 0.0492. The highest BCUT2D eigenvalue weighted by Crippen LogP contribution is 2.46. The van der Waals surface area contributed by atoms with Crippen molar-refractivity contribution in [1.29, 1.82) is 5.26 Å². The second-order valence-electron chi connectivity index (χ2n) is 11.3. The molecule has 41 heavy (non-hydrogen) atoms.